The number of thioether (sulfide) groups is 1. The molecule has 2 aromatic rings. The number of benzene rings is 2. The van der Waals surface area contributed by atoms with Gasteiger partial charge in [0.25, 0.3) is 0 Å². The Morgan fingerprint density at radius 2 is 2.07 bits per heavy atom. The van der Waals surface area contributed by atoms with Crippen LogP contribution in [0.4, 0.5) is 5.69 Å². The number of hydrogen-bond acceptors (Lipinski definition) is 4. The molecule has 0 saturated carbocycles. The Hall–Kier alpha value is -1.69. The van der Waals surface area contributed by atoms with E-state index in [4.69, 9.17) is 4.74 Å². The first-order chi connectivity index (χ1) is 12.6. The fourth-order valence-corrected chi connectivity index (χ4v) is 3.97. The third-order valence-electron chi connectivity index (χ3n) is 4.48. The smallest absolute Gasteiger partial charge is 0.225 e. The number of aryl methyl sites for hydroxylation is 1. The van der Waals surface area contributed by atoms with Gasteiger partial charge < -0.3 is 15.4 Å². The minimum Gasteiger partial charge on any atom is -0.486 e. The molecule has 3 rings (SSSR count). The van der Waals surface area contributed by atoms with E-state index >= 15 is 0 Å². The number of amides is 1. The minimum atomic E-state index is -0.0223. The first-order valence-corrected chi connectivity index (χ1v) is 10.2. The molecule has 6 heteroatoms. The predicted molar refractivity (Wildman–Crippen MR) is 116 cm³/mol. The molecule has 2 unspecified atom stereocenters. The van der Waals surface area contributed by atoms with Crippen LogP contribution in [-0.4, -0.2) is 30.0 Å². The van der Waals surface area contributed by atoms with Crippen molar-refractivity contribution in [1.29, 1.82) is 0 Å². The van der Waals surface area contributed by atoms with Gasteiger partial charge >= 0.3 is 0 Å². The minimum absolute atomic E-state index is 0. The summed E-state index contributed by atoms with van der Waals surface area (Å²) in [5, 5.41) is 6.42. The average Bonchev–Trinajstić information content (AvgIpc) is 2.65. The van der Waals surface area contributed by atoms with Crippen molar-refractivity contribution in [2.45, 2.75) is 32.4 Å². The first-order valence-electron chi connectivity index (χ1n) is 9.05. The number of halogens is 1. The summed E-state index contributed by atoms with van der Waals surface area (Å²) in [5.41, 5.74) is 2.99. The second kappa shape index (κ2) is 10.6. The summed E-state index contributed by atoms with van der Waals surface area (Å²) < 4.78 is 6.04. The van der Waals surface area contributed by atoms with Crippen LogP contribution in [0.1, 0.15) is 30.6 Å². The highest BCUT2D eigenvalue weighted by Gasteiger charge is 2.17. The van der Waals surface area contributed by atoms with Gasteiger partial charge in [0.2, 0.25) is 5.91 Å². The van der Waals surface area contributed by atoms with E-state index in [0.29, 0.717) is 6.42 Å². The van der Waals surface area contributed by atoms with E-state index in [2.05, 4.69) is 22.8 Å². The summed E-state index contributed by atoms with van der Waals surface area (Å²) in [7, 11) is 0. The number of ether oxygens (including phenoxy) is 1. The van der Waals surface area contributed by atoms with Gasteiger partial charge in [-0.25, -0.2) is 0 Å². The topological polar surface area (TPSA) is 50.4 Å². The standard InChI is InChI=1S/C21H26N2O2S.ClH/c1-15-12-19(25-16(2)17-6-4-3-5-7-17)8-9-20(15)23-21(24)13-18-14-26-11-10-22-18;/h3-9,12,16,18,22H,10-11,13-14H2,1-2H3,(H,23,24);1H. The number of carbonyl (C=O) groups excluding carboxylic acids is 1. The van der Waals surface area contributed by atoms with Gasteiger partial charge in [0.05, 0.1) is 0 Å². The lowest BCUT2D eigenvalue weighted by molar-refractivity contribution is -0.116. The fraction of sp³-hybridized carbons (Fsp3) is 0.381. The number of carbonyl (C=O) groups is 1. The maximum atomic E-state index is 12.3. The van der Waals surface area contributed by atoms with Gasteiger partial charge in [-0.15, -0.1) is 12.4 Å². The maximum Gasteiger partial charge on any atom is 0.225 e. The average molecular weight is 407 g/mol. The zero-order valence-electron chi connectivity index (χ0n) is 15.7. The van der Waals surface area contributed by atoms with Gasteiger partial charge in [-0.3, -0.25) is 4.79 Å². The molecule has 1 aliphatic rings. The van der Waals surface area contributed by atoms with E-state index in [1.165, 1.54) is 0 Å². The van der Waals surface area contributed by atoms with E-state index in [1.54, 1.807) is 0 Å². The molecule has 4 nitrogen and oxygen atoms in total. The summed E-state index contributed by atoms with van der Waals surface area (Å²) in [4.78, 5) is 12.3. The summed E-state index contributed by atoms with van der Waals surface area (Å²) >= 11 is 1.90. The number of rotatable bonds is 6. The Morgan fingerprint density at radius 3 is 2.74 bits per heavy atom. The van der Waals surface area contributed by atoms with Crippen molar-refractivity contribution in [3.05, 3.63) is 59.7 Å². The second-order valence-electron chi connectivity index (χ2n) is 6.63. The molecule has 1 heterocycles. The van der Waals surface area contributed by atoms with Crippen LogP contribution in [0.3, 0.4) is 0 Å². The normalized spacial score (nSPS) is 17.5. The van der Waals surface area contributed by atoms with Gasteiger partial charge in [-0.05, 0) is 43.2 Å². The summed E-state index contributed by atoms with van der Waals surface area (Å²) in [6.45, 7) is 5.01. The Labute approximate surface area is 171 Å². The number of nitrogens with one attached hydrogen (secondary N) is 2. The van der Waals surface area contributed by atoms with Crippen LogP contribution in [-0.2, 0) is 4.79 Å². The van der Waals surface area contributed by atoms with Crippen molar-refractivity contribution in [2.75, 3.05) is 23.4 Å². The highest BCUT2D eigenvalue weighted by molar-refractivity contribution is 7.99. The summed E-state index contributed by atoms with van der Waals surface area (Å²) in [6, 6.07) is 16.2. The lowest BCUT2D eigenvalue weighted by Gasteiger charge is -2.22. The van der Waals surface area contributed by atoms with Crippen LogP contribution in [0, 0.1) is 6.92 Å². The van der Waals surface area contributed by atoms with Crippen LogP contribution in [0.15, 0.2) is 48.5 Å². The zero-order chi connectivity index (χ0) is 18.4. The largest absolute Gasteiger partial charge is 0.486 e. The van der Waals surface area contributed by atoms with E-state index in [-0.39, 0.29) is 30.5 Å². The van der Waals surface area contributed by atoms with Gasteiger partial charge in [-0.1, -0.05) is 30.3 Å². The predicted octanol–water partition coefficient (Wildman–Crippen LogP) is 4.59. The molecule has 27 heavy (non-hydrogen) atoms. The number of hydrogen-bond donors (Lipinski definition) is 2. The molecule has 1 saturated heterocycles. The van der Waals surface area contributed by atoms with Crippen molar-refractivity contribution in [2.24, 2.45) is 0 Å². The number of anilines is 1. The highest BCUT2D eigenvalue weighted by atomic mass is 35.5. The highest BCUT2D eigenvalue weighted by Crippen LogP contribution is 2.26. The molecule has 146 valence electrons. The van der Waals surface area contributed by atoms with Crippen LogP contribution >= 0.6 is 24.2 Å². The van der Waals surface area contributed by atoms with E-state index < -0.39 is 0 Å². The SMILES string of the molecule is Cc1cc(OC(C)c2ccccc2)ccc1NC(=O)CC1CSCCN1.Cl. The Morgan fingerprint density at radius 1 is 1.30 bits per heavy atom. The van der Waals surface area contributed by atoms with E-state index in [0.717, 1.165) is 40.6 Å². The molecule has 0 spiro atoms. The quantitative estimate of drug-likeness (QED) is 0.736. The fourth-order valence-electron chi connectivity index (χ4n) is 3.02. The molecule has 2 atom stereocenters. The van der Waals surface area contributed by atoms with Crippen LogP contribution in [0.2, 0.25) is 0 Å². The molecule has 1 fully saturated rings. The third-order valence-corrected chi connectivity index (χ3v) is 5.61. The van der Waals surface area contributed by atoms with Crippen molar-refractivity contribution in [3.8, 4) is 5.75 Å². The molecule has 0 aromatic heterocycles. The molecular formula is C21H27ClN2O2S. The summed E-state index contributed by atoms with van der Waals surface area (Å²) in [6.07, 6.45) is 0.487. The van der Waals surface area contributed by atoms with Crippen molar-refractivity contribution >= 4 is 35.8 Å². The summed E-state index contributed by atoms with van der Waals surface area (Å²) in [5.74, 6) is 2.98. The molecule has 2 N–H and O–H groups in total. The lowest BCUT2D eigenvalue weighted by atomic mass is 10.1. The van der Waals surface area contributed by atoms with Crippen molar-refractivity contribution < 1.29 is 9.53 Å². The molecule has 1 aliphatic heterocycles. The van der Waals surface area contributed by atoms with Crippen LogP contribution < -0.4 is 15.4 Å². The molecule has 0 aliphatic carbocycles. The lowest BCUT2D eigenvalue weighted by Crippen LogP contribution is -2.39. The maximum absolute atomic E-state index is 12.3. The van der Waals surface area contributed by atoms with E-state index in [1.807, 2.05) is 62.0 Å². The molecule has 1 amide bonds. The zero-order valence-corrected chi connectivity index (χ0v) is 17.4. The Kier molecular flexibility index (Phi) is 8.48. The molecule has 2 aromatic carbocycles. The monoisotopic (exact) mass is 406 g/mol. The van der Waals surface area contributed by atoms with Gasteiger partial charge in [0, 0.05) is 36.2 Å². The third kappa shape index (κ3) is 6.45. The first kappa shape index (κ1) is 21.6. The second-order valence-corrected chi connectivity index (χ2v) is 7.78. The Balaban J connectivity index is 0.00000261. The molecular weight excluding hydrogens is 380 g/mol. The van der Waals surface area contributed by atoms with Gasteiger partial charge in [-0.2, -0.15) is 11.8 Å². The van der Waals surface area contributed by atoms with Crippen molar-refractivity contribution in [1.82, 2.24) is 5.32 Å². The van der Waals surface area contributed by atoms with E-state index in [9.17, 15) is 4.79 Å². The molecule has 0 radical (unpaired) electrons. The van der Waals surface area contributed by atoms with Crippen LogP contribution in [0.5, 0.6) is 5.75 Å². The molecule has 0 bridgehead atoms. The van der Waals surface area contributed by atoms with Gasteiger partial charge in [0.1, 0.15) is 11.9 Å². The van der Waals surface area contributed by atoms with Gasteiger partial charge in [0.15, 0.2) is 0 Å². The van der Waals surface area contributed by atoms with Crippen molar-refractivity contribution in [3.63, 3.8) is 0 Å². The Bertz CT molecular complexity index is 736. The van der Waals surface area contributed by atoms with Crippen LogP contribution in [0.25, 0.3) is 0 Å².